The van der Waals surface area contributed by atoms with Crippen LogP contribution in [-0.4, -0.2) is 52.4 Å². The molecular weight excluding hydrogens is 258 g/mol. The topological polar surface area (TPSA) is 26.8 Å². The molecule has 0 unspecified atom stereocenters. The molecule has 0 bridgehead atoms. The van der Waals surface area contributed by atoms with Gasteiger partial charge in [0.25, 0.3) is 5.91 Å². The second-order valence-corrected chi connectivity index (χ2v) is 6.15. The number of likely N-dealkylation sites (tertiary alicyclic amines) is 1. The minimum Gasteiger partial charge on any atom is -0.373 e. The Morgan fingerprint density at radius 2 is 1.79 bits per heavy atom. The second kappa shape index (κ2) is 4.63. The summed E-state index contributed by atoms with van der Waals surface area (Å²) in [4.78, 5) is 17.6. The average Bonchev–Trinajstić information content (AvgIpc) is 2.71. The third-order valence-corrected chi connectivity index (χ3v) is 4.77. The van der Waals surface area contributed by atoms with Crippen molar-refractivity contribution >= 4 is 23.2 Å². The van der Waals surface area contributed by atoms with Crippen LogP contribution in [0, 0.1) is 0 Å². The lowest BCUT2D eigenvalue weighted by Crippen LogP contribution is -2.33. The number of carbonyl (C=O) groups excluding carboxylic acids is 1. The summed E-state index contributed by atoms with van der Waals surface area (Å²) in [5, 5.41) is 0.551. The van der Waals surface area contributed by atoms with Crippen molar-refractivity contribution in [2.75, 3.05) is 21.1 Å². The van der Waals surface area contributed by atoms with Crippen LogP contribution in [0.25, 0.3) is 0 Å². The summed E-state index contributed by atoms with van der Waals surface area (Å²) >= 11 is 5.19. The lowest BCUT2D eigenvalue weighted by Gasteiger charge is -2.30. The Kier molecular flexibility index (Phi) is 3.43. The summed E-state index contributed by atoms with van der Waals surface area (Å²) in [6.07, 6.45) is 6.11. The van der Waals surface area contributed by atoms with Crippen molar-refractivity contribution in [3.63, 3.8) is 0 Å². The summed E-state index contributed by atoms with van der Waals surface area (Å²) in [5.74, 6) is -0.0377. The molecule has 0 aromatic heterocycles. The highest BCUT2D eigenvalue weighted by Gasteiger charge is 2.34. The molecule has 0 radical (unpaired) electrons. The summed E-state index contributed by atoms with van der Waals surface area (Å²) in [7, 11) is 5.64. The number of likely N-dealkylation sites (N-methyl/N-ethyl adjacent to an activating group) is 2. The van der Waals surface area contributed by atoms with Gasteiger partial charge in [-0.15, -0.1) is 0 Å². The van der Waals surface area contributed by atoms with Crippen LogP contribution in [0.1, 0.15) is 26.7 Å². The number of hydrogen-bond acceptors (Lipinski definition) is 3. The zero-order chi connectivity index (χ0) is 14.4. The molecule has 2 fully saturated rings. The Labute approximate surface area is 120 Å². The first-order valence-corrected chi connectivity index (χ1v) is 6.87. The van der Waals surface area contributed by atoms with Crippen LogP contribution in [0.5, 0.6) is 0 Å². The number of nitrogens with zero attached hydrogens (tertiary/aromatic N) is 3. The van der Waals surface area contributed by atoms with E-state index in [4.69, 9.17) is 12.2 Å². The Morgan fingerprint density at radius 1 is 1.16 bits per heavy atom. The minimum absolute atomic E-state index is 0.0377. The molecule has 0 atom stereocenters. The lowest BCUT2D eigenvalue weighted by molar-refractivity contribution is -0.121. The highest BCUT2D eigenvalue weighted by atomic mass is 32.1. The predicted molar refractivity (Wildman–Crippen MR) is 80.4 cm³/mol. The van der Waals surface area contributed by atoms with Crippen LogP contribution in [-0.2, 0) is 4.79 Å². The standard InChI is InChI=1S/C14H21N3OS/c1-14(2)9-8-10(17(14)5)6-7-11-12(18)16(4)13(19)15(11)3/h6-7H,8-9H2,1-5H3/b10-6+,11-7+. The number of rotatable bonds is 1. The monoisotopic (exact) mass is 279 g/mol. The molecule has 19 heavy (non-hydrogen) atoms. The van der Waals surface area contributed by atoms with E-state index in [0.29, 0.717) is 10.8 Å². The number of thiocarbonyl (C=S) groups is 1. The maximum Gasteiger partial charge on any atom is 0.276 e. The van der Waals surface area contributed by atoms with Crippen LogP contribution < -0.4 is 0 Å². The molecule has 0 aromatic rings. The molecule has 1 amide bonds. The first kappa shape index (κ1) is 14.1. The fourth-order valence-corrected chi connectivity index (χ4v) is 2.62. The molecule has 0 spiro atoms. The number of allylic oxidation sites excluding steroid dienone is 3. The molecule has 0 saturated carbocycles. The Morgan fingerprint density at radius 3 is 2.21 bits per heavy atom. The summed E-state index contributed by atoms with van der Waals surface area (Å²) < 4.78 is 0. The summed E-state index contributed by atoms with van der Waals surface area (Å²) in [6, 6.07) is 0. The maximum absolute atomic E-state index is 12.0. The molecule has 0 aliphatic carbocycles. The van der Waals surface area contributed by atoms with Crippen LogP contribution >= 0.6 is 12.2 Å². The van der Waals surface area contributed by atoms with Crippen molar-refractivity contribution in [3.05, 3.63) is 23.5 Å². The van der Waals surface area contributed by atoms with Crippen molar-refractivity contribution in [1.29, 1.82) is 0 Å². The normalized spacial score (nSPS) is 27.3. The molecular formula is C14H21N3OS. The first-order valence-electron chi connectivity index (χ1n) is 6.46. The van der Waals surface area contributed by atoms with Gasteiger partial charge in [-0.25, -0.2) is 0 Å². The number of carbonyl (C=O) groups is 1. The zero-order valence-electron chi connectivity index (χ0n) is 12.2. The van der Waals surface area contributed by atoms with E-state index in [0.717, 1.165) is 12.8 Å². The van der Waals surface area contributed by atoms with Gasteiger partial charge in [-0.1, -0.05) is 0 Å². The Hall–Kier alpha value is -1.36. The molecule has 2 rings (SSSR count). The first-order chi connectivity index (χ1) is 8.75. The van der Waals surface area contributed by atoms with Gasteiger partial charge in [0.05, 0.1) is 0 Å². The molecule has 2 aliphatic rings. The van der Waals surface area contributed by atoms with E-state index in [1.54, 1.807) is 11.9 Å². The Balaban J connectivity index is 2.24. The van der Waals surface area contributed by atoms with Crippen LogP contribution in [0.15, 0.2) is 23.5 Å². The SMILES string of the molecule is CN1C(=O)/C(=C\C=C2/CCC(C)(C)N2C)N(C)C1=S. The van der Waals surface area contributed by atoms with E-state index in [2.05, 4.69) is 25.8 Å². The quantitative estimate of drug-likeness (QED) is 0.541. The molecule has 0 N–H and O–H groups in total. The van der Waals surface area contributed by atoms with E-state index in [1.165, 1.54) is 10.6 Å². The summed E-state index contributed by atoms with van der Waals surface area (Å²) in [6.45, 7) is 4.47. The van der Waals surface area contributed by atoms with Crippen molar-refractivity contribution < 1.29 is 4.79 Å². The molecule has 2 aliphatic heterocycles. The smallest absolute Gasteiger partial charge is 0.276 e. The van der Waals surface area contributed by atoms with Crippen molar-refractivity contribution in [1.82, 2.24) is 14.7 Å². The molecule has 0 aromatic carbocycles. The average molecular weight is 279 g/mol. The van der Waals surface area contributed by atoms with Gasteiger partial charge in [-0.3, -0.25) is 9.69 Å². The summed E-state index contributed by atoms with van der Waals surface area (Å²) in [5.41, 5.74) is 2.10. The fraction of sp³-hybridized carbons (Fsp3) is 0.571. The van der Waals surface area contributed by atoms with Crippen molar-refractivity contribution in [2.24, 2.45) is 0 Å². The van der Waals surface area contributed by atoms with Gasteiger partial charge >= 0.3 is 0 Å². The van der Waals surface area contributed by atoms with Crippen molar-refractivity contribution in [3.8, 4) is 0 Å². The highest BCUT2D eigenvalue weighted by molar-refractivity contribution is 7.80. The molecule has 2 saturated heterocycles. The van der Waals surface area contributed by atoms with Crippen molar-refractivity contribution in [2.45, 2.75) is 32.2 Å². The van der Waals surface area contributed by atoms with E-state index >= 15 is 0 Å². The Bertz CT molecular complexity index is 493. The third-order valence-electron chi connectivity index (χ3n) is 4.22. The van der Waals surface area contributed by atoms with Gasteiger partial charge < -0.3 is 9.80 Å². The number of amides is 1. The number of hydrogen-bond donors (Lipinski definition) is 0. The second-order valence-electron chi connectivity index (χ2n) is 5.79. The van der Waals surface area contributed by atoms with Gasteiger partial charge in [0.1, 0.15) is 5.70 Å². The zero-order valence-corrected chi connectivity index (χ0v) is 13.0. The fourth-order valence-electron chi connectivity index (χ4n) is 2.44. The minimum atomic E-state index is -0.0377. The van der Waals surface area contributed by atoms with Gasteiger partial charge in [-0.2, -0.15) is 0 Å². The van der Waals surface area contributed by atoms with E-state index in [1.807, 2.05) is 19.2 Å². The molecule has 4 nitrogen and oxygen atoms in total. The van der Waals surface area contributed by atoms with E-state index < -0.39 is 0 Å². The molecule has 5 heteroatoms. The van der Waals surface area contributed by atoms with E-state index in [9.17, 15) is 4.79 Å². The van der Waals surface area contributed by atoms with Gasteiger partial charge in [0.2, 0.25) is 0 Å². The van der Waals surface area contributed by atoms with Gasteiger partial charge in [0.15, 0.2) is 5.11 Å². The molecule has 104 valence electrons. The molecule has 2 heterocycles. The van der Waals surface area contributed by atoms with Gasteiger partial charge in [-0.05, 0) is 51.1 Å². The maximum atomic E-state index is 12.0. The van der Waals surface area contributed by atoms with E-state index in [-0.39, 0.29) is 11.4 Å². The van der Waals surface area contributed by atoms with Crippen LogP contribution in [0.4, 0.5) is 0 Å². The predicted octanol–water partition coefficient (Wildman–Crippen LogP) is 1.95. The highest BCUT2D eigenvalue weighted by Crippen LogP contribution is 2.34. The van der Waals surface area contributed by atoms with Crippen LogP contribution in [0.2, 0.25) is 0 Å². The third kappa shape index (κ3) is 2.27. The van der Waals surface area contributed by atoms with Gasteiger partial charge in [0, 0.05) is 32.4 Å². The lowest BCUT2D eigenvalue weighted by atomic mass is 10.0. The largest absolute Gasteiger partial charge is 0.373 e. The van der Waals surface area contributed by atoms with Crippen LogP contribution in [0.3, 0.4) is 0 Å².